The van der Waals surface area contributed by atoms with Crippen LogP contribution in [0.2, 0.25) is 0 Å². The molecule has 0 radical (unpaired) electrons. The molecular formula is C16H16O5S. The van der Waals surface area contributed by atoms with Crippen molar-refractivity contribution < 1.29 is 22.1 Å². The van der Waals surface area contributed by atoms with E-state index in [1.165, 1.54) is 24.3 Å². The van der Waals surface area contributed by atoms with E-state index in [-0.39, 0.29) is 23.2 Å². The summed E-state index contributed by atoms with van der Waals surface area (Å²) in [5.41, 5.74) is 0.756. The zero-order valence-electron chi connectivity index (χ0n) is 12.1. The lowest BCUT2D eigenvalue weighted by atomic mass is 10.2. The van der Waals surface area contributed by atoms with Crippen LogP contribution in [0, 0.1) is 0 Å². The molecule has 5 nitrogen and oxygen atoms in total. The van der Waals surface area contributed by atoms with Crippen molar-refractivity contribution in [3.05, 3.63) is 60.2 Å². The zero-order chi connectivity index (χ0) is 16.0. The summed E-state index contributed by atoms with van der Waals surface area (Å²) in [6.07, 6.45) is 0.316. The molecule has 0 heterocycles. The van der Waals surface area contributed by atoms with Crippen LogP contribution in [0.3, 0.4) is 0 Å². The van der Waals surface area contributed by atoms with Gasteiger partial charge in [0.25, 0.3) is 0 Å². The van der Waals surface area contributed by atoms with Crippen LogP contribution in [0.25, 0.3) is 0 Å². The predicted molar refractivity (Wildman–Crippen MR) is 80.8 cm³/mol. The molecule has 116 valence electrons. The fourth-order valence-corrected chi connectivity index (χ4v) is 2.62. The normalized spacial score (nSPS) is 11.0. The first-order valence-corrected chi connectivity index (χ1v) is 8.16. The molecular weight excluding hydrogens is 304 g/mol. The maximum absolute atomic E-state index is 12.0. The molecule has 0 unspecified atom stereocenters. The molecule has 0 aliphatic carbocycles. The van der Waals surface area contributed by atoms with Crippen LogP contribution in [0.15, 0.2) is 59.5 Å². The van der Waals surface area contributed by atoms with Gasteiger partial charge in [0.15, 0.2) is 0 Å². The molecule has 0 aromatic heterocycles. The van der Waals surface area contributed by atoms with Gasteiger partial charge in [0.2, 0.25) is 0 Å². The molecule has 0 fully saturated rings. The number of hydrogen-bond donors (Lipinski definition) is 0. The molecule has 0 bridgehead atoms. The van der Waals surface area contributed by atoms with Crippen LogP contribution in [0.5, 0.6) is 5.75 Å². The summed E-state index contributed by atoms with van der Waals surface area (Å²) in [7, 11) is -3.84. The minimum atomic E-state index is -3.84. The quantitative estimate of drug-likeness (QED) is 0.604. The fraction of sp³-hybridized carbons (Fsp3) is 0.188. The maximum Gasteiger partial charge on any atom is 0.339 e. The average Bonchev–Trinajstić information content (AvgIpc) is 2.54. The Bertz CT molecular complexity index is 721. The van der Waals surface area contributed by atoms with Crippen LogP contribution >= 0.6 is 0 Å². The van der Waals surface area contributed by atoms with Crippen molar-refractivity contribution in [3.8, 4) is 5.75 Å². The number of carbonyl (C=O) groups excluding carboxylic acids is 1. The molecule has 0 aliphatic rings. The van der Waals surface area contributed by atoms with E-state index in [9.17, 15) is 13.2 Å². The predicted octanol–water partition coefficient (Wildman–Crippen LogP) is 2.91. The monoisotopic (exact) mass is 320 g/mol. The lowest BCUT2D eigenvalue weighted by Crippen LogP contribution is -2.09. The highest BCUT2D eigenvalue weighted by molar-refractivity contribution is 7.87. The topological polar surface area (TPSA) is 69.7 Å². The number of esters is 1. The number of carbonyl (C=O) groups is 1. The third-order valence-electron chi connectivity index (χ3n) is 2.85. The van der Waals surface area contributed by atoms with Crippen molar-refractivity contribution in [1.82, 2.24) is 0 Å². The van der Waals surface area contributed by atoms with Crippen molar-refractivity contribution in [2.24, 2.45) is 0 Å². The second-order valence-corrected chi connectivity index (χ2v) is 6.06. The van der Waals surface area contributed by atoms with E-state index >= 15 is 0 Å². The molecule has 0 saturated carbocycles. The zero-order valence-corrected chi connectivity index (χ0v) is 12.9. The summed E-state index contributed by atoms with van der Waals surface area (Å²) in [4.78, 5) is 11.2. The molecule has 0 amide bonds. The van der Waals surface area contributed by atoms with Crippen LogP contribution in [-0.4, -0.2) is 14.4 Å². The second-order valence-electron chi connectivity index (χ2n) is 4.51. The van der Waals surface area contributed by atoms with E-state index < -0.39 is 10.1 Å². The third-order valence-corrected chi connectivity index (χ3v) is 4.11. The highest BCUT2D eigenvalue weighted by Gasteiger charge is 2.15. The van der Waals surface area contributed by atoms with Crippen molar-refractivity contribution in [3.63, 3.8) is 0 Å². The Morgan fingerprint density at radius 3 is 2.23 bits per heavy atom. The van der Waals surface area contributed by atoms with Gasteiger partial charge in [0.05, 0.1) is 0 Å². The summed E-state index contributed by atoms with van der Waals surface area (Å²) in [5, 5.41) is 0. The van der Waals surface area contributed by atoms with Gasteiger partial charge in [-0.05, 0) is 29.8 Å². The summed E-state index contributed by atoms with van der Waals surface area (Å²) >= 11 is 0. The van der Waals surface area contributed by atoms with E-state index in [1.807, 2.05) is 0 Å². The van der Waals surface area contributed by atoms with Crippen molar-refractivity contribution in [2.75, 3.05) is 0 Å². The summed E-state index contributed by atoms with van der Waals surface area (Å²) in [6.45, 7) is 1.87. The Kier molecular flexibility index (Phi) is 5.16. The van der Waals surface area contributed by atoms with E-state index in [4.69, 9.17) is 8.92 Å². The Hall–Kier alpha value is -2.34. The Morgan fingerprint density at radius 2 is 1.64 bits per heavy atom. The lowest BCUT2D eigenvalue weighted by Gasteiger charge is -2.08. The molecule has 0 N–H and O–H groups in total. The Morgan fingerprint density at radius 1 is 1.00 bits per heavy atom. The molecule has 0 saturated heterocycles. The fourth-order valence-electron chi connectivity index (χ4n) is 1.67. The van der Waals surface area contributed by atoms with Gasteiger partial charge in [-0.15, -0.1) is 0 Å². The third kappa shape index (κ3) is 4.33. The van der Waals surface area contributed by atoms with Gasteiger partial charge in [-0.25, -0.2) is 0 Å². The molecule has 2 aromatic carbocycles. The minimum Gasteiger partial charge on any atom is -0.461 e. The minimum absolute atomic E-state index is 0.0935. The number of hydrogen-bond acceptors (Lipinski definition) is 5. The Balaban J connectivity index is 2.04. The van der Waals surface area contributed by atoms with Crippen molar-refractivity contribution in [1.29, 1.82) is 0 Å². The van der Waals surface area contributed by atoms with Crippen LogP contribution in [0.1, 0.15) is 18.9 Å². The largest absolute Gasteiger partial charge is 0.461 e. The lowest BCUT2D eigenvalue weighted by molar-refractivity contribution is -0.144. The average molecular weight is 320 g/mol. The number of rotatable bonds is 6. The van der Waals surface area contributed by atoms with Gasteiger partial charge in [-0.2, -0.15) is 8.42 Å². The van der Waals surface area contributed by atoms with E-state index in [2.05, 4.69) is 0 Å². The molecule has 22 heavy (non-hydrogen) atoms. The maximum atomic E-state index is 12.0. The summed E-state index contributed by atoms with van der Waals surface area (Å²) in [6, 6.07) is 14.3. The first-order chi connectivity index (χ1) is 10.5. The second kappa shape index (κ2) is 7.09. The first-order valence-electron chi connectivity index (χ1n) is 6.75. The first kappa shape index (κ1) is 16.0. The number of ether oxygens (including phenoxy) is 1. The van der Waals surface area contributed by atoms with E-state index in [0.29, 0.717) is 6.42 Å². The molecule has 0 spiro atoms. The van der Waals surface area contributed by atoms with Gasteiger partial charge in [-0.3, -0.25) is 4.79 Å². The van der Waals surface area contributed by atoms with Crippen molar-refractivity contribution >= 4 is 16.1 Å². The summed E-state index contributed by atoms with van der Waals surface area (Å²) < 4.78 is 34.1. The van der Waals surface area contributed by atoms with E-state index in [0.717, 1.165) is 5.56 Å². The number of benzene rings is 2. The molecule has 0 aliphatic heterocycles. The Labute approximate surface area is 129 Å². The van der Waals surface area contributed by atoms with Crippen LogP contribution < -0.4 is 4.18 Å². The standard InChI is InChI=1S/C16H16O5S/c1-2-16(17)20-12-13-8-10-14(11-9-13)21-22(18,19)15-6-4-3-5-7-15/h3-11H,2,12H2,1H3. The van der Waals surface area contributed by atoms with Gasteiger partial charge in [0.1, 0.15) is 17.3 Å². The van der Waals surface area contributed by atoms with Crippen molar-refractivity contribution in [2.45, 2.75) is 24.8 Å². The van der Waals surface area contributed by atoms with E-state index in [1.54, 1.807) is 37.3 Å². The van der Waals surface area contributed by atoms with Gasteiger partial charge >= 0.3 is 16.1 Å². The van der Waals surface area contributed by atoms with Crippen LogP contribution in [0.4, 0.5) is 0 Å². The summed E-state index contributed by atoms with van der Waals surface area (Å²) in [5.74, 6) is -0.0820. The molecule has 6 heteroatoms. The molecule has 2 aromatic rings. The van der Waals surface area contributed by atoms with Gasteiger partial charge in [-0.1, -0.05) is 37.3 Å². The smallest absolute Gasteiger partial charge is 0.339 e. The van der Waals surface area contributed by atoms with Gasteiger partial charge < -0.3 is 8.92 Å². The molecule has 2 rings (SSSR count). The SMILES string of the molecule is CCC(=O)OCc1ccc(OS(=O)(=O)c2ccccc2)cc1. The molecule has 0 atom stereocenters. The van der Waals surface area contributed by atoms with Gasteiger partial charge in [0, 0.05) is 6.42 Å². The van der Waals surface area contributed by atoms with Crippen LogP contribution in [-0.2, 0) is 26.3 Å². The highest BCUT2D eigenvalue weighted by Crippen LogP contribution is 2.19. The highest BCUT2D eigenvalue weighted by atomic mass is 32.2.